The first kappa shape index (κ1) is 20.2. The largest absolute Gasteiger partial charge is 0.416 e. The molecule has 1 aromatic rings. The quantitative estimate of drug-likeness (QED) is 0.529. The van der Waals surface area contributed by atoms with Crippen LogP contribution in [0, 0.1) is 11.3 Å². The molecular formula is C12H6Cl3F5N4S. The molecule has 2 N–H and O–H groups in total. The average molecular weight is 440 g/mol. The summed E-state index contributed by atoms with van der Waals surface area (Å²) in [6.07, 6.45) is -3.93. The van der Waals surface area contributed by atoms with Crippen LogP contribution in [0.15, 0.2) is 22.8 Å². The number of nitrogens with two attached hydrogens (primary N) is 1. The van der Waals surface area contributed by atoms with Crippen LogP contribution in [0.4, 0.5) is 27.8 Å². The van der Waals surface area contributed by atoms with Crippen molar-refractivity contribution < 1.29 is 22.0 Å². The Morgan fingerprint density at radius 3 is 2.44 bits per heavy atom. The number of anilines is 1. The second-order valence-electron chi connectivity index (χ2n) is 4.71. The Morgan fingerprint density at radius 1 is 1.40 bits per heavy atom. The van der Waals surface area contributed by atoms with Crippen molar-refractivity contribution >= 4 is 52.4 Å². The molecule has 0 amide bonds. The molecule has 2 unspecified atom stereocenters. The summed E-state index contributed by atoms with van der Waals surface area (Å²) in [5.41, 5.74) is 4.03. The molecule has 0 spiro atoms. The third kappa shape index (κ3) is 3.84. The average Bonchev–Trinajstić information content (AvgIpc) is 2.72. The number of thioether (sulfide) groups is 1. The van der Waals surface area contributed by atoms with E-state index in [2.05, 4.69) is 5.10 Å². The van der Waals surface area contributed by atoms with Gasteiger partial charge in [0.1, 0.15) is 27.2 Å². The Hall–Kier alpha value is -1.15. The number of rotatable bonds is 3. The van der Waals surface area contributed by atoms with Crippen LogP contribution in [-0.2, 0) is 0 Å². The molecule has 136 valence electrons. The highest BCUT2D eigenvalue weighted by Gasteiger charge is 2.49. The number of allylic oxidation sites excluding steroid dienone is 3. The predicted molar refractivity (Wildman–Crippen MR) is 85.7 cm³/mol. The minimum Gasteiger partial charge on any atom is -0.383 e. The van der Waals surface area contributed by atoms with Gasteiger partial charge in [0.2, 0.25) is 0 Å². The number of hydrogen-bond donors (Lipinski definition) is 1. The van der Waals surface area contributed by atoms with Gasteiger partial charge in [0.05, 0.1) is 5.57 Å². The van der Waals surface area contributed by atoms with Gasteiger partial charge >= 0.3 is 6.18 Å². The van der Waals surface area contributed by atoms with Gasteiger partial charge in [-0.1, -0.05) is 46.6 Å². The summed E-state index contributed by atoms with van der Waals surface area (Å²) in [6.45, 7) is 0. The smallest absolute Gasteiger partial charge is 0.383 e. The standard InChI is InChI=1S/C12H6Cl3F5N4S/c13-5-1-4(12(18,19)20)2-11(15,25-10(16)17)8(5)24-9(22)7(14)6(3-21)23-24/h1-2,8,10H,22H2. The van der Waals surface area contributed by atoms with Gasteiger partial charge in [-0.05, 0) is 12.2 Å². The molecule has 0 radical (unpaired) electrons. The molecule has 1 aliphatic carbocycles. The van der Waals surface area contributed by atoms with Crippen molar-refractivity contribution in [2.24, 2.45) is 0 Å². The van der Waals surface area contributed by atoms with E-state index in [1.54, 1.807) is 6.07 Å². The van der Waals surface area contributed by atoms with Gasteiger partial charge in [0.15, 0.2) is 5.69 Å². The SMILES string of the molecule is N#Cc1nn(C2C(Cl)=CC(C(F)(F)F)=CC2(Cl)SC(F)F)c(N)c1Cl. The number of nitriles is 1. The molecule has 2 rings (SSSR count). The number of halogens is 8. The lowest BCUT2D eigenvalue weighted by Crippen LogP contribution is -2.36. The molecule has 13 heteroatoms. The van der Waals surface area contributed by atoms with Gasteiger partial charge in [-0.3, -0.25) is 0 Å². The first-order valence-corrected chi connectivity index (χ1v) is 8.17. The zero-order chi connectivity index (χ0) is 19.2. The van der Waals surface area contributed by atoms with Crippen molar-refractivity contribution in [3.8, 4) is 6.07 Å². The molecule has 0 aromatic carbocycles. The number of nitrogens with zero attached hydrogens (tertiary/aromatic N) is 3. The van der Waals surface area contributed by atoms with E-state index in [9.17, 15) is 22.0 Å². The molecule has 0 saturated carbocycles. The van der Waals surface area contributed by atoms with E-state index in [0.29, 0.717) is 12.2 Å². The molecular weight excluding hydrogens is 434 g/mol. The molecule has 1 heterocycles. The summed E-state index contributed by atoms with van der Waals surface area (Å²) < 4.78 is 63.2. The van der Waals surface area contributed by atoms with E-state index in [4.69, 9.17) is 45.8 Å². The monoisotopic (exact) mass is 438 g/mol. The summed E-state index contributed by atoms with van der Waals surface area (Å²) in [5.74, 6) is -3.48. The predicted octanol–water partition coefficient (Wildman–Crippen LogP) is 5.05. The maximum Gasteiger partial charge on any atom is 0.416 e. The van der Waals surface area contributed by atoms with E-state index in [1.165, 1.54) is 0 Å². The summed E-state index contributed by atoms with van der Waals surface area (Å²) >= 11 is 17.5. The zero-order valence-corrected chi connectivity index (χ0v) is 14.7. The lowest BCUT2D eigenvalue weighted by Gasteiger charge is -2.36. The van der Waals surface area contributed by atoms with Crippen molar-refractivity contribution in [3.63, 3.8) is 0 Å². The van der Waals surface area contributed by atoms with Gasteiger partial charge in [-0.25, -0.2) is 4.68 Å². The summed E-state index contributed by atoms with van der Waals surface area (Å²) in [4.78, 5) is 0. The van der Waals surface area contributed by atoms with Crippen LogP contribution in [0.1, 0.15) is 11.7 Å². The Kier molecular flexibility index (Phi) is 5.54. The molecule has 25 heavy (non-hydrogen) atoms. The fourth-order valence-corrected chi connectivity index (χ4v) is 4.15. The van der Waals surface area contributed by atoms with Crippen molar-refractivity contribution in [1.82, 2.24) is 9.78 Å². The molecule has 4 nitrogen and oxygen atoms in total. The third-order valence-electron chi connectivity index (χ3n) is 3.11. The Bertz CT molecular complexity index is 798. The highest BCUT2D eigenvalue weighted by Crippen LogP contribution is 2.54. The Labute approximate surface area is 157 Å². The van der Waals surface area contributed by atoms with Crippen LogP contribution >= 0.6 is 46.6 Å². The minimum absolute atomic E-state index is 0.276. The topological polar surface area (TPSA) is 67.6 Å². The number of alkyl halides is 6. The fourth-order valence-electron chi connectivity index (χ4n) is 2.13. The summed E-state index contributed by atoms with van der Waals surface area (Å²) in [6, 6.07) is 0.0705. The second-order valence-corrected chi connectivity index (χ2v) is 7.64. The second kappa shape index (κ2) is 6.87. The molecule has 1 aromatic heterocycles. The van der Waals surface area contributed by atoms with E-state index >= 15 is 0 Å². The van der Waals surface area contributed by atoms with Crippen LogP contribution < -0.4 is 5.73 Å². The number of hydrogen-bond acceptors (Lipinski definition) is 4. The van der Waals surface area contributed by atoms with E-state index in [-0.39, 0.29) is 28.3 Å². The third-order valence-corrected chi connectivity index (χ3v) is 5.27. The lowest BCUT2D eigenvalue weighted by molar-refractivity contribution is -0.0888. The molecule has 0 fully saturated rings. The zero-order valence-electron chi connectivity index (χ0n) is 11.7. The van der Waals surface area contributed by atoms with E-state index < -0.39 is 32.8 Å². The van der Waals surface area contributed by atoms with Gasteiger partial charge in [-0.15, -0.1) is 0 Å². The van der Waals surface area contributed by atoms with Gasteiger partial charge in [-0.2, -0.15) is 32.3 Å². The van der Waals surface area contributed by atoms with E-state index in [0.717, 1.165) is 4.68 Å². The summed E-state index contributed by atoms with van der Waals surface area (Å²) in [7, 11) is 0. The minimum atomic E-state index is -4.86. The summed E-state index contributed by atoms with van der Waals surface area (Å²) in [5, 5.41) is 11.8. The van der Waals surface area contributed by atoms with Crippen LogP contribution in [0.25, 0.3) is 0 Å². The maximum atomic E-state index is 13.0. The van der Waals surface area contributed by atoms with Crippen molar-refractivity contribution in [2.45, 2.75) is 22.2 Å². The fraction of sp³-hybridized carbons (Fsp3) is 0.333. The lowest BCUT2D eigenvalue weighted by atomic mass is 10.0. The normalized spacial score (nSPS) is 24.1. The van der Waals surface area contributed by atoms with Gasteiger partial charge in [0, 0.05) is 5.03 Å². The number of aromatic nitrogens is 2. The molecule has 0 bridgehead atoms. The first-order valence-electron chi connectivity index (χ1n) is 6.16. The highest BCUT2D eigenvalue weighted by atomic mass is 35.5. The van der Waals surface area contributed by atoms with Crippen molar-refractivity contribution in [3.05, 3.63) is 33.5 Å². The Balaban J connectivity index is 2.66. The molecule has 2 atom stereocenters. The highest BCUT2D eigenvalue weighted by molar-refractivity contribution is 8.02. The molecule has 1 aliphatic rings. The first-order chi connectivity index (χ1) is 11.4. The van der Waals surface area contributed by atoms with Crippen LogP contribution in [0.3, 0.4) is 0 Å². The van der Waals surface area contributed by atoms with Crippen molar-refractivity contribution in [2.75, 3.05) is 5.73 Å². The Morgan fingerprint density at radius 2 is 2.00 bits per heavy atom. The van der Waals surface area contributed by atoms with Crippen LogP contribution in [0.5, 0.6) is 0 Å². The van der Waals surface area contributed by atoms with Gasteiger partial charge in [0.25, 0.3) is 5.76 Å². The van der Waals surface area contributed by atoms with Crippen molar-refractivity contribution in [1.29, 1.82) is 5.26 Å². The van der Waals surface area contributed by atoms with Gasteiger partial charge < -0.3 is 5.73 Å². The maximum absolute atomic E-state index is 13.0. The molecule has 0 aliphatic heterocycles. The molecule has 0 saturated heterocycles. The van der Waals surface area contributed by atoms with Crippen LogP contribution in [-0.4, -0.2) is 25.9 Å². The van der Waals surface area contributed by atoms with Crippen LogP contribution in [0.2, 0.25) is 5.02 Å². The van der Waals surface area contributed by atoms with E-state index in [1.807, 2.05) is 0 Å². The number of nitrogen functional groups attached to an aromatic ring is 1.